The number of carbonyl (C=O) groups is 4. The van der Waals surface area contributed by atoms with Crippen LogP contribution < -0.4 is 21.7 Å². The monoisotopic (exact) mass is 562 g/mol. The lowest BCUT2D eigenvalue weighted by molar-refractivity contribution is -0.142. The summed E-state index contributed by atoms with van der Waals surface area (Å²) >= 11 is 0. The molecule has 3 aromatic rings. The molecule has 41 heavy (non-hydrogen) atoms. The molecule has 4 atom stereocenters. The van der Waals surface area contributed by atoms with Crippen LogP contribution in [0, 0.1) is 5.92 Å². The summed E-state index contributed by atoms with van der Waals surface area (Å²) in [5, 5.41) is 17.8. The highest BCUT2D eigenvalue weighted by atomic mass is 16.4. The number of benzene rings is 2. The molecule has 0 fully saturated rings. The Hall–Kier alpha value is -4.51. The number of nitrogens with two attached hydrogens (primary N) is 1. The number of aromatic amines is 1. The van der Waals surface area contributed by atoms with E-state index in [4.69, 9.17) is 5.73 Å². The van der Waals surface area contributed by atoms with Crippen LogP contribution in [-0.4, -0.2) is 62.9 Å². The lowest BCUT2D eigenvalue weighted by Gasteiger charge is -2.26. The number of rotatable bonds is 15. The fourth-order valence-electron chi connectivity index (χ4n) is 4.36. The molecule has 3 amide bonds. The second kappa shape index (κ2) is 15.3. The molecule has 2 aromatic carbocycles. The molecule has 0 aliphatic carbocycles. The summed E-state index contributed by atoms with van der Waals surface area (Å²) in [6.07, 6.45) is 3.61. The first-order valence-electron chi connectivity index (χ1n) is 13.6. The third kappa shape index (κ3) is 10.2. The Balaban J connectivity index is 1.75. The number of nitrogens with zero attached hydrogens (tertiary/aromatic N) is 1. The van der Waals surface area contributed by atoms with E-state index in [0.717, 1.165) is 11.1 Å². The highest BCUT2D eigenvalue weighted by Gasteiger charge is 2.31. The minimum Gasteiger partial charge on any atom is -0.480 e. The number of imidazole rings is 1. The third-order valence-electron chi connectivity index (χ3n) is 6.48. The predicted molar refractivity (Wildman–Crippen MR) is 153 cm³/mol. The van der Waals surface area contributed by atoms with Gasteiger partial charge in [0.05, 0.1) is 12.4 Å². The standard InChI is InChI=1S/C30H38N6O5/c1-19(2)13-24(34-27(37)23(31)14-20-9-5-3-6-10-20)28(38)35-25(15-21-11-7-4-8-12-21)29(39)36-26(30(40)41)16-22-17-32-18-33-22/h3-12,17-19,23-26H,13-16,31H2,1-2H3,(H,32,33)(H,34,37)(H,35,38)(H,36,39)(H,40,41). The van der Waals surface area contributed by atoms with Crippen LogP contribution in [0.2, 0.25) is 0 Å². The average molecular weight is 563 g/mol. The maximum absolute atomic E-state index is 13.5. The number of aromatic nitrogens is 2. The van der Waals surface area contributed by atoms with E-state index in [1.54, 1.807) is 12.1 Å². The van der Waals surface area contributed by atoms with Gasteiger partial charge in [0.1, 0.15) is 18.1 Å². The number of carbonyl (C=O) groups excluding carboxylic acids is 3. The van der Waals surface area contributed by atoms with E-state index in [1.165, 1.54) is 12.5 Å². The molecule has 1 aromatic heterocycles. The minimum atomic E-state index is -1.25. The number of hydrogen-bond donors (Lipinski definition) is 6. The van der Waals surface area contributed by atoms with Gasteiger partial charge in [-0.3, -0.25) is 14.4 Å². The molecule has 11 nitrogen and oxygen atoms in total. The first kappa shape index (κ1) is 31.0. The van der Waals surface area contributed by atoms with E-state index >= 15 is 0 Å². The Labute approximate surface area is 239 Å². The minimum absolute atomic E-state index is 0.0155. The number of H-pyrrole nitrogens is 1. The summed E-state index contributed by atoms with van der Waals surface area (Å²) in [5.74, 6) is -2.89. The maximum atomic E-state index is 13.5. The van der Waals surface area contributed by atoms with E-state index in [-0.39, 0.29) is 18.8 Å². The predicted octanol–water partition coefficient (Wildman–Crippen LogP) is 1.35. The van der Waals surface area contributed by atoms with Crippen LogP contribution in [-0.2, 0) is 38.4 Å². The lowest BCUT2D eigenvalue weighted by Crippen LogP contribution is -2.58. The van der Waals surface area contributed by atoms with Crippen molar-refractivity contribution >= 4 is 23.7 Å². The van der Waals surface area contributed by atoms with Crippen LogP contribution >= 0.6 is 0 Å². The van der Waals surface area contributed by atoms with Crippen molar-refractivity contribution in [2.75, 3.05) is 0 Å². The van der Waals surface area contributed by atoms with Crippen LogP contribution in [0.4, 0.5) is 0 Å². The molecule has 0 saturated carbocycles. The smallest absolute Gasteiger partial charge is 0.326 e. The molecule has 11 heteroatoms. The van der Waals surface area contributed by atoms with Gasteiger partial charge in [0.25, 0.3) is 0 Å². The van der Waals surface area contributed by atoms with E-state index in [1.807, 2.05) is 62.4 Å². The van der Waals surface area contributed by atoms with Crippen LogP contribution in [0.25, 0.3) is 0 Å². The summed E-state index contributed by atoms with van der Waals surface area (Å²) in [7, 11) is 0. The molecule has 0 radical (unpaired) electrons. The highest BCUT2D eigenvalue weighted by molar-refractivity contribution is 5.94. The molecule has 218 valence electrons. The normalized spacial score (nSPS) is 14.0. The zero-order valence-corrected chi connectivity index (χ0v) is 23.2. The molecular formula is C30H38N6O5. The largest absolute Gasteiger partial charge is 0.480 e. The number of hydrogen-bond acceptors (Lipinski definition) is 6. The van der Waals surface area contributed by atoms with E-state index in [0.29, 0.717) is 18.5 Å². The summed E-state index contributed by atoms with van der Waals surface area (Å²) in [5.41, 5.74) is 8.34. The van der Waals surface area contributed by atoms with Crippen LogP contribution in [0.1, 0.15) is 37.1 Å². The number of amides is 3. The molecule has 1 heterocycles. The number of nitrogens with one attached hydrogen (secondary N) is 4. The Kier molecular flexibility index (Phi) is 11.6. The molecule has 4 unspecified atom stereocenters. The quantitative estimate of drug-likeness (QED) is 0.162. The Morgan fingerprint density at radius 2 is 1.32 bits per heavy atom. The maximum Gasteiger partial charge on any atom is 0.326 e. The van der Waals surface area contributed by atoms with E-state index in [9.17, 15) is 24.3 Å². The van der Waals surface area contributed by atoms with Crippen molar-refractivity contribution in [3.8, 4) is 0 Å². The van der Waals surface area contributed by atoms with Gasteiger partial charge in [-0.15, -0.1) is 0 Å². The van der Waals surface area contributed by atoms with E-state index in [2.05, 4.69) is 25.9 Å². The first-order valence-corrected chi connectivity index (χ1v) is 13.6. The lowest BCUT2D eigenvalue weighted by atomic mass is 10.00. The van der Waals surface area contributed by atoms with Crippen molar-refractivity contribution in [2.45, 2.75) is 63.7 Å². The zero-order chi connectivity index (χ0) is 29.8. The summed E-state index contributed by atoms with van der Waals surface area (Å²) in [4.78, 5) is 58.5. The van der Waals surface area contributed by atoms with Crippen molar-refractivity contribution in [1.29, 1.82) is 0 Å². The number of aliphatic carboxylic acids is 1. The van der Waals surface area contributed by atoms with Gasteiger partial charge in [0.15, 0.2) is 0 Å². The van der Waals surface area contributed by atoms with Gasteiger partial charge in [-0.05, 0) is 29.9 Å². The van der Waals surface area contributed by atoms with Gasteiger partial charge in [-0.1, -0.05) is 74.5 Å². The third-order valence-corrected chi connectivity index (χ3v) is 6.48. The molecule has 7 N–H and O–H groups in total. The molecule has 0 spiro atoms. The number of carboxylic acids is 1. The van der Waals surface area contributed by atoms with Gasteiger partial charge < -0.3 is 31.8 Å². The molecule has 0 aliphatic rings. The van der Waals surface area contributed by atoms with Crippen molar-refractivity contribution in [3.63, 3.8) is 0 Å². The van der Waals surface area contributed by atoms with Gasteiger partial charge in [0.2, 0.25) is 17.7 Å². The summed E-state index contributed by atoms with van der Waals surface area (Å²) in [6.45, 7) is 3.83. The summed E-state index contributed by atoms with van der Waals surface area (Å²) < 4.78 is 0. The van der Waals surface area contributed by atoms with Gasteiger partial charge in [-0.2, -0.15) is 0 Å². The Bertz CT molecular complexity index is 1270. The highest BCUT2D eigenvalue weighted by Crippen LogP contribution is 2.10. The van der Waals surface area contributed by atoms with Crippen molar-refractivity contribution in [3.05, 3.63) is 90.0 Å². The Morgan fingerprint density at radius 3 is 1.85 bits per heavy atom. The molecule has 0 saturated heterocycles. The molecule has 0 bridgehead atoms. The van der Waals surface area contributed by atoms with Gasteiger partial charge in [-0.25, -0.2) is 9.78 Å². The topological polar surface area (TPSA) is 179 Å². The van der Waals surface area contributed by atoms with Gasteiger partial charge in [0, 0.05) is 24.7 Å². The second-order valence-corrected chi connectivity index (χ2v) is 10.4. The van der Waals surface area contributed by atoms with Crippen molar-refractivity contribution in [1.82, 2.24) is 25.9 Å². The molecule has 3 rings (SSSR count). The van der Waals surface area contributed by atoms with Crippen molar-refractivity contribution < 1.29 is 24.3 Å². The van der Waals surface area contributed by atoms with Crippen LogP contribution in [0.3, 0.4) is 0 Å². The van der Waals surface area contributed by atoms with Crippen LogP contribution in [0.15, 0.2) is 73.2 Å². The first-order chi connectivity index (χ1) is 19.6. The average Bonchev–Trinajstić information content (AvgIpc) is 3.46. The van der Waals surface area contributed by atoms with Crippen LogP contribution in [0.5, 0.6) is 0 Å². The van der Waals surface area contributed by atoms with E-state index < -0.39 is 47.9 Å². The zero-order valence-electron chi connectivity index (χ0n) is 23.2. The molecule has 0 aliphatic heterocycles. The fourth-order valence-corrected chi connectivity index (χ4v) is 4.36. The Morgan fingerprint density at radius 1 is 0.780 bits per heavy atom. The number of carboxylic acid groups (broad SMARTS) is 1. The fraction of sp³-hybridized carbons (Fsp3) is 0.367. The summed E-state index contributed by atoms with van der Waals surface area (Å²) in [6, 6.07) is 14.2. The second-order valence-electron chi connectivity index (χ2n) is 10.4. The SMILES string of the molecule is CC(C)CC(NC(=O)C(N)Cc1ccccc1)C(=O)NC(Cc1ccccc1)C(=O)NC(Cc1cnc[nH]1)C(=O)O. The molecular weight excluding hydrogens is 524 g/mol. The van der Waals surface area contributed by atoms with Crippen molar-refractivity contribution in [2.24, 2.45) is 11.7 Å². The van der Waals surface area contributed by atoms with Gasteiger partial charge >= 0.3 is 5.97 Å².